The summed E-state index contributed by atoms with van der Waals surface area (Å²) >= 11 is 1.49. The lowest BCUT2D eigenvalue weighted by Gasteiger charge is -2.28. The second-order valence-electron chi connectivity index (χ2n) is 7.95. The van der Waals surface area contributed by atoms with Crippen molar-refractivity contribution in [1.29, 1.82) is 0 Å². The number of azo groups is 1. The Bertz CT molecular complexity index is 1080. The Kier molecular flexibility index (Phi) is 7.36. The number of rotatable bonds is 8. The highest BCUT2D eigenvalue weighted by Crippen LogP contribution is 2.27. The molecule has 33 heavy (non-hydrogen) atoms. The Morgan fingerprint density at radius 1 is 1.00 bits per heavy atom. The molecule has 10 heteroatoms. The van der Waals surface area contributed by atoms with Crippen LogP contribution in [0.3, 0.4) is 0 Å². The lowest BCUT2D eigenvalue weighted by Crippen LogP contribution is -2.38. The van der Waals surface area contributed by atoms with Gasteiger partial charge < -0.3 is 19.1 Å². The molecule has 2 fully saturated rings. The smallest absolute Gasteiger partial charge is 0.217 e. The van der Waals surface area contributed by atoms with E-state index >= 15 is 0 Å². The number of pyridine rings is 1. The quantitative estimate of drug-likeness (QED) is 0.468. The zero-order valence-corrected chi connectivity index (χ0v) is 19.4. The highest BCUT2D eigenvalue weighted by molar-refractivity contribution is 7.13. The van der Waals surface area contributed by atoms with Gasteiger partial charge in [0.25, 0.3) is 0 Å². The van der Waals surface area contributed by atoms with Gasteiger partial charge in [-0.15, -0.1) is 0 Å². The minimum absolute atomic E-state index is 0.437. The molecule has 3 aromatic rings. The first-order valence-corrected chi connectivity index (χ1v) is 12.1. The molecule has 0 radical (unpaired) electrons. The Morgan fingerprint density at radius 3 is 2.64 bits per heavy atom. The number of aromatic nitrogens is 2. The average molecular weight is 469 g/mol. The van der Waals surface area contributed by atoms with Crippen molar-refractivity contribution in [3.8, 4) is 5.88 Å². The van der Waals surface area contributed by atoms with Crippen LogP contribution in [-0.4, -0.2) is 80.0 Å². The van der Waals surface area contributed by atoms with Crippen LogP contribution in [0.2, 0.25) is 0 Å². The van der Waals surface area contributed by atoms with E-state index in [1.807, 2.05) is 24.3 Å². The maximum atomic E-state index is 6.03. The molecule has 2 aromatic heterocycles. The van der Waals surface area contributed by atoms with Crippen molar-refractivity contribution in [2.24, 2.45) is 10.2 Å². The van der Waals surface area contributed by atoms with Crippen LogP contribution in [-0.2, 0) is 16.0 Å². The summed E-state index contributed by atoms with van der Waals surface area (Å²) in [5.74, 6) is 1.41. The first kappa shape index (κ1) is 22.1. The molecule has 174 valence electrons. The van der Waals surface area contributed by atoms with Gasteiger partial charge >= 0.3 is 0 Å². The monoisotopic (exact) mass is 468 g/mol. The maximum Gasteiger partial charge on any atom is 0.217 e. The SMILES string of the molecule is c1ccc2c(CN=Nc3cc(OCCN4CCOCC4)nc(N4CCOCC4)c3)nsc2c1. The van der Waals surface area contributed by atoms with Crippen LogP contribution in [0.25, 0.3) is 10.1 Å². The third-order valence-electron chi connectivity index (χ3n) is 5.73. The molecule has 0 saturated carbocycles. The van der Waals surface area contributed by atoms with Gasteiger partial charge in [-0.2, -0.15) is 19.6 Å². The minimum atomic E-state index is 0.437. The molecule has 0 atom stereocenters. The summed E-state index contributed by atoms with van der Waals surface area (Å²) in [4.78, 5) is 9.27. The Labute approximate surface area is 197 Å². The van der Waals surface area contributed by atoms with Gasteiger partial charge in [-0.3, -0.25) is 4.90 Å². The van der Waals surface area contributed by atoms with Gasteiger partial charge in [0.2, 0.25) is 5.88 Å². The first-order valence-electron chi connectivity index (χ1n) is 11.3. The maximum absolute atomic E-state index is 6.03. The lowest BCUT2D eigenvalue weighted by molar-refractivity contribution is 0.0320. The fourth-order valence-corrected chi connectivity index (χ4v) is 4.69. The van der Waals surface area contributed by atoms with Crippen molar-refractivity contribution in [2.45, 2.75) is 6.54 Å². The van der Waals surface area contributed by atoms with E-state index in [9.17, 15) is 0 Å². The predicted octanol–water partition coefficient (Wildman–Crippen LogP) is 3.52. The second-order valence-corrected chi connectivity index (χ2v) is 8.75. The standard InChI is InChI=1S/C23H28N6O3S/c1-2-4-21-19(3-1)20(27-33-21)17-24-26-18-15-22(29-8-12-31-13-9-29)25-23(16-18)32-14-7-28-5-10-30-11-6-28/h1-4,15-16H,5-14,17H2. The van der Waals surface area contributed by atoms with E-state index in [2.05, 4.69) is 36.5 Å². The Balaban J connectivity index is 1.29. The molecule has 0 spiro atoms. The van der Waals surface area contributed by atoms with Gasteiger partial charge in [-0.1, -0.05) is 18.2 Å². The Hall–Kier alpha value is -2.66. The number of morpholine rings is 2. The molecule has 9 nitrogen and oxygen atoms in total. The average Bonchev–Trinajstić information content (AvgIpc) is 3.28. The van der Waals surface area contributed by atoms with Gasteiger partial charge in [0.15, 0.2) is 0 Å². The van der Waals surface area contributed by atoms with E-state index in [-0.39, 0.29) is 0 Å². The van der Waals surface area contributed by atoms with Crippen LogP contribution in [0.5, 0.6) is 5.88 Å². The largest absolute Gasteiger partial charge is 0.476 e. The topological polar surface area (TPSA) is 84.7 Å². The van der Waals surface area contributed by atoms with Crippen LogP contribution >= 0.6 is 11.5 Å². The molecule has 0 unspecified atom stereocenters. The van der Waals surface area contributed by atoms with Gasteiger partial charge in [0, 0.05) is 50.2 Å². The normalized spacial score (nSPS) is 17.8. The molecule has 2 aliphatic heterocycles. The molecule has 0 N–H and O–H groups in total. The van der Waals surface area contributed by atoms with Crippen LogP contribution in [0.1, 0.15) is 5.69 Å². The summed E-state index contributed by atoms with van der Waals surface area (Å²) in [6.45, 7) is 8.28. The highest BCUT2D eigenvalue weighted by Gasteiger charge is 2.16. The molecule has 2 saturated heterocycles. The van der Waals surface area contributed by atoms with Crippen molar-refractivity contribution < 1.29 is 14.2 Å². The number of nitrogens with zero attached hydrogens (tertiary/aromatic N) is 6. The fourth-order valence-electron chi connectivity index (χ4n) is 3.90. The van der Waals surface area contributed by atoms with Crippen molar-refractivity contribution >= 4 is 33.1 Å². The Morgan fingerprint density at radius 2 is 1.79 bits per heavy atom. The number of fused-ring (bicyclic) bond motifs is 1. The van der Waals surface area contributed by atoms with E-state index in [0.717, 1.165) is 73.2 Å². The van der Waals surface area contributed by atoms with Crippen molar-refractivity contribution in [2.75, 3.05) is 70.7 Å². The van der Waals surface area contributed by atoms with E-state index in [0.29, 0.717) is 32.2 Å². The van der Waals surface area contributed by atoms with E-state index in [4.69, 9.17) is 19.2 Å². The molecule has 0 amide bonds. The molecule has 5 rings (SSSR count). The van der Waals surface area contributed by atoms with Crippen LogP contribution in [0.15, 0.2) is 46.6 Å². The highest BCUT2D eigenvalue weighted by atomic mass is 32.1. The number of benzene rings is 1. The zero-order valence-electron chi connectivity index (χ0n) is 18.6. The van der Waals surface area contributed by atoms with Crippen LogP contribution in [0, 0.1) is 0 Å². The fraction of sp³-hybridized carbons (Fsp3) is 0.478. The minimum Gasteiger partial charge on any atom is -0.476 e. The number of hydrogen-bond acceptors (Lipinski definition) is 10. The van der Waals surface area contributed by atoms with Crippen molar-refractivity contribution in [3.63, 3.8) is 0 Å². The molecular formula is C23H28N6O3S. The third kappa shape index (κ3) is 5.83. The van der Waals surface area contributed by atoms with Gasteiger partial charge in [0.05, 0.1) is 42.5 Å². The van der Waals surface area contributed by atoms with Gasteiger partial charge in [-0.05, 0) is 17.6 Å². The first-order chi connectivity index (χ1) is 16.3. The zero-order chi connectivity index (χ0) is 22.3. The van der Waals surface area contributed by atoms with Gasteiger partial charge in [0.1, 0.15) is 19.0 Å². The summed E-state index contributed by atoms with van der Waals surface area (Å²) in [6, 6.07) is 12.0. The molecule has 4 heterocycles. The predicted molar refractivity (Wildman–Crippen MR) is 128 cm³/mol. The summed E-state index contributed by atoms with van der Waals surface area (Å²) in [6.07, 6.45) is 0. The van der Waals surface area contributed by atoms with Gasteiger partial charge in [-0.25, -0.2) is 0 Å². The summed E-state index contributed by atoms with van der Waals surface area (Å²) < 4.78 is 22.6. The molecule has 0 bridgehead atoms. The number of anilines is 1. The van der Waals surface area contributed by atoms with Crippen LogP contribution in [0.4, 0.5) is 11.5 Å². The number of ether oxygens (including phenoxy) is 3. The number of hydrogen-bond donors (Lipinski definition) is 0. The molecule has 1 aromatic carbocycles. The summed E-state index contributed by atoms with van der Waals surface area (Å²) in [5.41, 5.74) is 1.68. The lowest BCUT2D eigenvalue weighted by atomic mass is 10.2. The molecular weight excluding hydrogens is 440 g/mol. The summed E-state index contributed by atoms with van der Waals surface area (Å²) in [7, 11) is 0. The molecule has 2 aliphatic rings. The van der Waals surface area contributed by atoms with Crippen molar-refractivity contribution in [3.05, 3.63) is 42.1 Å². The third-order valence-corrected chi connectivity index (χ3v) is 6.59. The van der Waals surface area contributed by atoms with Crippen LogP contribution < -0.4 is 9.64 Å². The van der Waals surface area contributed by atoms with Crippen molar-refractivity contribution in [1.82, 2.24) is 14.3 Å². The van der Waals surface area contributed by atoms with E-state index in [1.165, 1.54) is 11.5 Å². The van der Waals surface area contributed by atoms with E-state index < -0.39 is 0 Å². The van der Waals surface area contributed by atoms with E-state index in [1.54, 1.807) is 0 Å². The molecule has 0 aliphatic carbocycles. The second kappa shape index (κ2) is 11.0. The summed E-state index contributed by atoms with van der Waals surface area (Å²) in [5, 5.41) is 10.1.